The Morgan fingerprint density at radius 3 is 2.78 bits per heavy atom. The fraction of sp³-hybridized carbons (Fsp3) is 0.455. The average molecular weight is 455 g/mol. The number of aromatic nitrogens is 5. The van der Waals surface area contributed by atoms with E-state index in [9.17, 15) is 9.59 Å². The molecule has 1 amide bonds. The summed E-state index contributed by atoms with van der Waals surface area (Å²) < 4.78 is 6.79. The van der Waals surface area contributed by atoms with Gasteiger partial charge in [-0.25, -0.2) is 0 Å². The summed E-state index contributed by atoms with van der Waals surface area (Å²) in [6.07, 6.45) is 8.32. The van der Waals surface area contributed by atoms with Crippen molar-refractivity contribution < 1.29 is 14.3 Å². The van der Waals surface area contributed by atoms with E-state index in [1.54, 1.807) is 23.8 Å². The highest BCUT2D eigenvalue weighted by molar-refractivity contribution is 7.99. The molecule has 1 aliphatic carbocycles. The second-order valence-electron chi connectivity index (χ2n) is 7.87. The first kappa shape index (κ1) is 22.2. The molecule has 1 N–H and O–H groups in total. The molecule has 168 valence electrons. The van der Waals surface area contributed by atoms with Crippen molar-refractivity contribution in [2.45, 2.75) is 56.0 Å². The summed E-state index contributed by atoms with van der Waals surface area (Å²) >= 11 is 1.34. The topological polar surface area (TPSA) is 111 Å². The lowest BCUT2D eigenvalue weighted by Gasteiger charge is -2.37. The van der Waals surface area contributed by atoms with Crippen molar-refractivity contribution in [3.05, 3.63) is 36.7 Å². The Labute approximate surface area is 190 Å². The van der Waals surface area contributed by atoms with Gasteiger partial charge in [0.25, 0.3) is 0 Å². The minimum Gasteiger partial charge on any atom is -0.466 e. The summed E-state index contributed by atoms with van der Waals surface area (Å²) in [7, 11) is 0. The van der Waals surface area contributed by atoms with E-state index in [1.807, 2.05) is 24.3 Å². The van der Waals surface area contributed by atoms with Gasteiger partial charge in [0.15, 0.2) is 11.5 Å². The van der Waals surface area contributed by atoms with Crippen LogP contribution >= 0.6 is 11.8 Å². The van der Waals surface area contributed by atoms with Gasteiger partial charge in [0.1, 0.15) is 5.03 Å². The number of pyridine rings is 1. The molecule has 3 aromatic heterocycles. The molecule has 0 aliphatic heterocycles. The predicted octanol–water partition coefficient (Wildman–Crippen LogP) is 3.05. The van der Waals surface area contributed by atoms with E-state index in [4.69, 9.17) is 4.74 Å². The van der Waals surface area contributed by atoms with E-state index in [0.29, 0.717) is 23.1 Å². The fourth-order valence-electron chi connectivity index (χ4n) is 4.06. The van der Waals surface area contributed by atoms with Crippen molar-refractivity contribution in [3.63, 3.8) is 0 Å². The number of amides is 1. The number of rotatable bonds is 8. The molecule has 0 aromatic carbocycles. The van der Waals surface area contributed by atoms with E-state index in [1.165, 1.54) is 11.8 Å². The molecule has 0 saturated heterocycles. The first-order chi connectivity index (χ1) is 15.6. The lowest BCUT2D eigenvalue weighted by Crippen LogP contribution is -2.51. The van der Waals surface area contributed by atoms with Gasteiger partial charge in [-0.15, -0.1) is 10.2 Å². The van der Waals surface area contributed by atoms with Gasteiger partial charge in [-0.05, 0) is 44.0 Å². The van der Waals surface area contributed by atoms with Crippen LogP contribution in [-0.2, 0) is 14.3 Å². The number of carbonyl (C=O) groups excluding carboxylic acids is 2. The van der Waals surface area contributed by atoms with E-state index in [-0.39, 0.29) is 24.1 Å². The van der Waals surface area contributed by atoms with Gasteiger partial charge in [0, 0.05) is 18.0 Å². The van der Waals surface area contributed by atoms with E-state index in [2.05, 4.69) is 25.6 Å². The first-order valence-corrected chi connectivity index (χ1v) is 11.8. The average Bonchev–Trinajstić information content (AvgIpc) is 3.22. The van der Waals surface area contributed by atoms with Gasteiger partial charge in [-0.1, -0.05) is 31.0 Å². The molecule has 3 heterocycles. The molecular formula is C22H26N6O3S. The van der Waals surface area contributed by atoms with Gasteiger partial charge in [-0.3, -0.25) is 14.6 Å². The molecular weight excluding hydrogens is 428 g/mol. The molecule has 0 unspecified atom stereocenters. The van der Waals surface area contributed by atoms with Crippen LogP contribution in [0.25, 0.3) is 17.0 Å². The summed E-state index contributed by atoms with van der Waals surface area (Å²) in [4.78, 5) is 29.0. The Hall–Kier alpha value is -3.01. The van der Waals surface area contributed by atoms with Crippen LogP contribution < -0.4 is 5.32 Å². The molecule has 9 nitrogen and oxygen atoms in total. The number of fused-ring (bicyclic) bond motifs is 1. The van der Waals surface area contributed by atoms with Crippen LogP contribution in [0.3, 0.4) is 0 Å². The zero-order chi connectivity index (χ0) is 22.4. The van der Waals surface area contributed by atoms with E-state index in [0.717, 1.165) is 37.7 Å². The lowest BCUT2D eigenvalue weighted by molar-refractivity contribution is -0.145. The molecule has 1 fully saturated rings. The minimum atomic E-state index is -0.513. The van der Waals surface area contributed by atoms with Crippen LogP contribution in [0.4, 0.5) is 0 Å². The number of esters is 1. The highest BCUT2D eigenvalue weighted by Gasteiger charge is 2.36. The molecule has 4 rings (SSSR count). The van der Waals surface area contributed by atoms with E-state index < -0.39 is 5.54 Å². The molecule has 0 radical (unpaired) electrons. The van der Waals surface area contributed by atoms with Crippen LogP contribution in [0.5, 0.6) is 0 Å². The smallest absolute Gasteiger partial charge is 0.308 e. The van der Waals surface area contributed by atoms with Gasteiger partial charge in [0.2, 0.25) is 5.91 Å². The van der Waals surface area contributed by atoms with Crippen molar-refractivity contribution in [2.24, 2.45) is 0 Å². The maximum atomic E-state index is 12.8. The summed E-state index contributed by atoms with van der Waals surface area (Å²) in [5.74, 6) is 0.424. The second kappa shape index (κ2) is 10.1. The van der Waals surface area contributed by atoms with E-state index >= 15 is 0 Å². The zero-order valence-corrected chi connectivity index (χ0v) is 18.8. The summed E-state index contributed by atoms with van der Waals surface area (Å²) in [5, 5.41) is 16.8. The SMILES string of the molecule is CCOC(=O)CC1(NC(=O)CSc2ccc3nnc(-c4cccnc4)n3n2)CCCCC1. The second-order valence-corrected chi connectivity index (χ2v) is 8.86. The quantitative estimate of drug-likeness (QED) is 0.408. The minimum absolute atomic E-state index is 0.112. The standard InChI is InChI=1S/C22H26N6O3S/c1-2-31-20(30)13-22(10-4-3-5-11-22)24-18(29)15-32-19-9-8-17-25-26-21(28(17)27-19)16-7-6-12-23-14-16/h6-9,12,14H,2-5,10-11,13,15H2,1H3,(H,24,29). The molecule has 3 aromatic rings. The molecule has 0 atom stereocenters. The molecule has 1 saturated carbocycles. The van der Waals surface area contributed by atoms with Gasteiger partial charge in [0.05, 0.1) is 24.3 Å². The van der Waals surface area contributed by atoms with Crippen LogP contribution in [0, 0.1) is 0 Å². The Kier molecular flexibility index (Phi) is 6.99. The number of hydrogen-bond donors (Lipinski definition) is 1. The molecule has 32 heavy (non-hydrogen) atoms. The van der Waals surface area contributed by atoms with Crippen molar-refractivity contribution >= 4 is 29.3 Å². The largest absolute Gasteiger partial charge is 0.466 e. The van der Waals surface area contributed by atoms with Gasteiger partial charge < -0.3 is 10.1 Å². The Morgan fingerprint density at radius 1 is 1.19 bits per heavy atom. The summed E-state index contributed by atoms with van der Waals surface area (Å²) in [6.45, 7) is 2.14. The predicted molar refractivity (Wildman–Crippen MR) is 120 cm³/mol. The number of nitrogens with one attached hydrogen (secondary N) is 1. The van der Waals surface area contributed by atoms with Crippen molar-refractivity contribution in [3.8, 4) is 11.4 Å². The maximum Gasteiger partial charge on any atom is 0.308 e. The maximum absolute atomic E-state index is 12.8. The third-order valence-electron chi connectivity index (χ3n) is 5.51. The van der Waals surface area contributed by atoms with Gasteiger partial charge >= 0.3 is 5.97 Å². The van der Waals surface area contributed by atoms with Crippen LogP contribution in [0.1, 0.15) is 45.4 Å². The summed E-state index contributed by atoms with van der Waals surface area (Å²) in [5.41, 5.74) is 0.917. The highest BCUT2D eigenvalue weighted by Crippen LogP contribution is 2.32. The number of carbonyl (C=O) groups is 2. The van der Waals surface area contributed by atoms with Crippen LogP contribution in [-0.4, -0.2) is 54.6 Å². The Balaban J connectivity index is 1.43. The third kappa shape index (κ3) is 5.24. The molecule has 10 heteroatoms. The number of thioether (sulfide) groups is 1. The third-order valence-corrected chi connectivity index (χ3v) is 6.43. The summed E-state index contributed by atoms with van der Waals surface area (Å²) in [6, 6.07) is 7.37. The van der Waals surface area contributed by atoms with Crippen molar-refractivity contribution in [1.82, 2.24) is 30.1 Å². The molecule has 0 bridgehead atoms. The zero-order valence-electron chi connectivity index (χ0n) is 18.0. The fourth-order valence-corrected chi connectivity index (χ4v) is 4.71. The van der Waals surface area contributed by atoms with Crippen molar-refractivity contribution in [1.29, 1.82) is 0 Å². The Bertz CT molecular complexity index is 1080. The van der Waals surface area contributed by atoms with Crippen molar-refractivity contribution in [2.75, 3.05) is 12.4 Å². The number of hydrogen-bond acceptors (Lipinski definition) is 8. The monoisotopic (exact) mass is 454 g/mol. The lowest BCUT2D eigenvalue weighted by atomic mass is 9.79. The Morgan fingerprint density at radius 2 is 2.03 bits per heavy atom. The number of nitrogens with zero attached hydrogens (tertiary/aromatic N) is 5. The molecule has 1 aliphatic rings. The van der Waals surface area contributed by atoms with Crippen LogP contribution in [0.2, 0.25) is 0 Å². The van der Waals surface area contributed by atoms with Crippen LogP contribution in [0.15, 0.2) is 41.7 Å². The highest BCUT2D eigenvalue weighted by atomic mass is 32.2. The van der Waals surface area contributed by atoms with Gasteiger partial charge in [-0.2, -0.15) is 9.61 Å². The normalized spacial score (nSPS) is 15.4. The first-order valence-electron chi connectivity index (χ1n) is 10.8. The molecule has 0 spiro atoms. The number of ether oxygens (including phenoxy) is 1.